The smallest absolute Gasteiger partial charge is 0.407 e. The van der Waals surface area contributed by atoms with Gasteiger partial charge in [-0.2, -0.15) is 23.5 Å². The van der Waals surface area contributed by atoms with Crippen LogP contribution in [-0.2, 0) is 14.3 Å². The topological polar surface area (TPSA) is 139 Å². The van der Waals surface area contributed by atoms with Crippen LogP contribution in [-0.4, -0.2) is 66.9 Å². The number of carbonyl (C=O) groups is 3. The molecular weight excluding hydrogens is 416 g/mol. The van der Waals surface area contributed by atoms with Crippen molar-refractivity contribution < 1.29 is 29.3 Å². The van der Waals surface area contributed by atoms with Crippen molar-refractivity contribution in [1.29, 1.82) is 0 Å². The van der Waals surface area contributed by atoms with Crippen LogP contribution in [0.3, 0.4) is 0 Å². The van der Waals surface area contributed by atoms with E-state index in [-0.39, 0.29) is 11.9 Å². The van der Waals surface area contributed by atoms with Gasteiger partial charge in [0.15, 0.2) is 0 Å². The number of carboxylic acid groups (broad SMARTS) is 2. The fourth-order valence-corrected chi connectivity index (χ4v) is 5.45. The van der Waals surface area contributed by atoms with E-state index in [2.05, 4.69) is 5.32 Å². The van der Waals surface area contributed by atoms with Crippen LogP contribution in [0.15, 0.2) is 0 Å². The van der Waals surface area contributed by atoms with E-state index in [0.29, 0.717) is 5.25 Å². The summed E-state index contributed by atoms with van der Waals surface area (Å²) in [5, 5.41) is 20.9. The summed E-state index contributed by atoms with van der Waals surface area (Å²) in [7, 11) is 0. The Morgan fingerprint density at radius 2 is 1.34 bits per heavy atom. The largest absolute Gasteiger partial charge is 0.480 e. The lowest BCUT2D eigenvalue weighted by Crippen LogP contribution is -2.53. The first kappa shape index (κ1) is 30.1. The number of carboxylic acids is 2. The van der Waals surface area contributed by atoms with Gasteiger partial charge in [-0.15, -0.1) is 0 Å². The third-order valence-corrected chi connectivity index (χ3v) is 6.22. The minimum atomic E-state index is -1.06. The lowest BCUT2D eigenvalue weighted by molar-refractivity contribution is -0.140. The Kier molecular flexibility index (Phi) is 13.7. The predicted molar refractivity (Wildman–Crippen MR) is 121 cm³/mol. The summed E-state index contributed by atoms with van der Waals surface area (Å²) in [6.45, 7) is 17.2. The molecule has 0 rings (SSSR count). The molecule has 0 radical (unpaired) electrons. The van der Waals surface area contributed by atoms with Crippen molar-refractivity contribution in [3.05, 3.63) is 0 Å². The van der Waals surface area contributed by atoms with Crippen molar-refractivity contribution in [2.24, 2.45) is 5.73 Å². The second kappa shape index (κ2) is 13.2. The van der Waals surface area contributed by atoms with E-state index in [0.717, 1.165) is 0 Å². The first-order valence-electron chi connectivity index (χ1n) is 9.48. The van der Waals surface area contributed by atoms with Crippen LogP contribution in [0.5, 0.6) is 0 Å². The molecule has 172 valence electrons. The highest BCUT2D eigenvalue weighted by atomic mass is 32.2. The number of amides is 1. The Hall–Kier alpha value is -1.13. The van der Waals surface area contributed by atoms with Crippen molar-refractivity contribution in [3.8, 4) is 0 Å². The van der Waals surface area contributed by atoms with Gasteiger partial charge in [0.05, 0.1) is 6.61 Å². The molecule has 0 bridgehead atoms. The number of aliphatic carboxylic acids is 2. The standard InChI is InChI=1S/C11H21NO4S.C8H17NO2S/c1-6-16-10(15)12-8(9(13)14)11(4,5)17-7(2)3;1-5(2)12-8(3,4)6(9)7(10)11/h7-8H,6H2,1-5H3,(H,12,15)(H,13,14);5-6H,9H2,1-4H3,(H,10,11)/t8-;6-/m11/s1. The number of thioether (sulfide) groups is 2. The van der Waals surface area contributed by atoms with Gasteiger partial charge in [-0.25, -0.2) is 9.59 Å². The Bertz CT molecular complexity index is 539. The summed E-state index contributed by atoms with van der Waals surface area (Å²) in [5.41, 5.74) is 5.52. The average Bonchev–Trinajstić information content (AvgIpc) is 2.49. The molecule has 0 spiro atoms. The van der Waals surface area contributed by atoms with Gasteiger partial charge in [-0.3, -0.25) is 4.79 Å². The lowest BCUT2D eigenvalue weighted by Gasteiger charge is -2.32. The minimum Gasteiger partial charge on any atom is -0.480 e. The van der Waals surface area contributed by atoms with Crippen molar-refractivity contribution in [1.82, 2.24) is 5.32 Å². The maximum atomic E-state index is 11.3. The number of rotatable bonds is 10. The molecule has 0 aliphatic heterocycles. The quantitative estimate of drug-likeness (QED) is 0.391. The van der Waals surface area contributed by atoms with E-state index in [9.17, 15) is 14.4 Å². The van der Waals surface area contributed by atoms with Gasteiger partial charge in [0, 0.05) is 9.49 Å². The van der Waals surface area contributed by atoms with E-state index in [1.807, 2.05) is 41.5 Å². The number of carbonyl (C=O) groups excluding carboxylic acids is 1. The summed E-state index contributed by atoms with van der Waals surface area (Å²) >= 11 is 3.09. The van der Waals surface area contributed by atoms with Crippen LogP contribution < -0.4 is 11.1 Å². The van der Waals surface area contributed by atoms with Crippen molar-refractivity contribution in [2.45, 2.75) is 94.4 Å². The maximum Gasteiger partial charge on any atom is 0.407 e. The summed E-state index contributed by atoms with van der Waals surface area (Å²) < 4.78 is 3.69. The molecule has 0 heterocycles. The first-order valence-corrected chi connectivity index (χ1v) is 11.2. The molecule has 0 unspecified atom stereocenters. The molecule has 1 amide bonds. The molecule has 0 saturated carbocycles. The van der Waals surface area contributed by atoms with Gasteiger partial charge < -0.3 is 26.0 Å². The fourth-order valence-electron chi connectivity index (χ4n) is 2.48. The number of nitrogens with two attached hydrogens (primary N) is 1. The van der Waals surface area contributed by atoms with Gasteiger partial charge in [-0.1, -0.05) is 27.7 Å². The van der Waals surface area contributed by atoms with Gasteiger partial charge in [0.25, 0.3) is 0 Å². The highest BCUT2D eigenvalue weighted by molar-refractivity contribution is 8.01. The number of hydrogen-bond acceptors (Lipinski definition) is 7. The molecule has 0 aliphatic rings. The molecule has 5 N–H and O–H groups in total. The average molecular weight is 455 g/mol. The minimum absolute atomic E-state index is 0.218. The van der Waals surface area contributed by atoms with Crippen LogP contribution in [0.4, 0.5) is 4.79 Å². The zero-order valence-corrected chi connectivity index (χ0v) is 20.6. The van der Waals surface area contributed by atoms with E-state index >= 15 is 0 Å². The van der Waals surface area contributed by atoms with E-state index in [1.165, 1.54) is 11.8 Å². The SMILES string of the molecule is CC(C)SC(C)(C)[C@H](N)C(=O)O.CCOC(=O)N[C@H](C(=O)O)C(C)(C)SC(C)C. The van der Waals surface area contributed by atoms with E-state index < -0.39 is 39.6 Å². The molecular formula is C19H38N2O6S2. The Morgan fingerprint density at radius 3 is 1.66 bits per heavy atom. The van der Waals surface area contributed by atoms with Crippen LogP contribution in [0.2, 0.25) is 0 Å². The molecule has 0 saturated heterocycles. The highest BCUT2D eigenvalue weighted by Gasteiger charge is 2.38. The maximum absolute atomic E-state index is 11.3. The van der Waals surface area contributed by atoms with Gasteiger partial charge in [-0.05, 0) is 45.1 Å². The second-order valence-corrected chi connectivity index (χ2v) is 12.5. The Labute approximate surface area is 183 Å². The molecule has 0 aromatic rings. The van der Waals surface area contributed by atoms with Crippen molar-refractivity contribution in [2.75, 3.05) is 6.61 Å². The molecule has 10 heteroatoms. The van der Waals surface area contributed by atoms with E-state index in [1.54, 1.807) is 32.5 Å². The lowest BCUT2D eigenvalue weighted by atomic mass is 10.0. The highest BCUT2D eigenvalue weighted by Crippen LogP contribution is 2.32. The van der Waals surface area contributed by atoms with Crippen LogP contribution in [0.1, 0.15) is 62.3 Å². The zero-order chi connectivity index (χ0) is 23.6. The Balaban J connectivity index is 0. The van der Waals surface area contributed by atoms with Crippen LogP contribution in [0.25, 0.3) is 0 Å². The monoisotopic (exact) mass is 454 g/mol. The van der Waals surface area contributed by atoms with Gasteiger partial charge in [0.1, 0.15) is 12.1 Å². The zero-order valence-electron chi connectivity index (χ0n) is 18.9. The molecule has 2 atom stereocenters. The molecule has 8 nitrogen and oxygen atoms in total. The van der Waals surface area contributed by atoms with Crippen LogP contribution >= 0.6 is 23.5 Å². The summed E-state index contributed by atoms with van der Waals surface area (Å²) in [4.78, 5) is 33.1. The summed E-state index contributed by atoms with van der Waals surface area (Å²) in [6, 6.07) is -1.78. The van der Waals surface area contributed by atoms with Gasteiger partial charge >= 0.3 is 18.0 Å². The predicted octanol–water partition coefficient (Wildman–Crippen LogP) is 3.42. The molecule has 0 fully saturated rings. The second-order valence-electron chi connectivity index (χ2n) is 7.99. The molecule has 0 aromatic carbocycles. The van der Waals surface area contributed by atoms with Gasteiger partial charge in [0.2, 0.25) is 0 Å². The third kappa shape index (κ3) is 12.9. The van der Waals surface area contributed by atoms with Crippen molar-refractivity contribution >= 4 is 41.6 Å². The third-order valence-electron chi connectivity index (χ3n) is 3.57. The molecule has 29 heavy (non-hydrogen) atoms. The van der Waals surface area contributed by atoms with Crippen molar-refractivity contribution in [3.63, 3.8) is 0 Å². The normalized spacial score (nSPS) is 13.9. The number of ether oxygens (including phenoxy) is 1. The molecule has 0 aromatic heterocycles. The first-order chi connectivity index (χ1) is 13.0. The fraction of sp³-hybridized carbons (Fsp3) is 0.842. The molecule has 0 aliphatic carbocycles. The summed E-state index contributed by atoms with van der Waals surface area (Å²) in [5.74, 6) is -2.00. The Morgan fingerprint density at radius 1 is 0.931 bits per heavy atom. The number of nitrogens with one attached hydrogen (secondary N) is 1. The summed E-state index contributed by atoms with van der Waals surface area (Å²) in [6.07, 6.45) is -0.697. The number of hydrogen-bond donors (Lipinski definition) is 4. The van der Waals surface area contributed by atoms with Crippen LogP contribution in [0, 0.1) is 0 Å². The number of alkyl carbamates (subject to hydrolysis) is 1. The van der Waals surface area contributed by atoms with E-state index in [4.69, 9.17) is 20.7 Å².